The van der Waals surface area contributed by atoms with E-state index in [1.54, 1.807) is 0 Å². The van der Waals surface area contributed by atoms with Gasteiger partial charge in [-0.1, -0.05) is 152 Å². The first-order valence-corrected chi connectivity index (χ1v) is 19.5. The second-order valence-corrected chi connectivity index (χ2v) is 14.8. The number of benzene rings is 9. The van der Waals surface area contributed by atoms with Crippen LogP contribution in [0.15, 0.2) is 199 Å². The van der Waals surface area contributed by atoms with E-state index < -0.39 is 0 Å². The molecule has 0 saturated carbocycles. The van der Waals surface area contributed by atoms with Gasteiger partial charge in [0.15, 0.2) is 17.5 Å². The van der Waals surface area contributed by atoms with Gasteiger partial charge in [0, 0.05) is 49.5 Å². The van der Waals surface area contributed by atoms with E-state index >= 15 is 0 Å². The fraction of sp³-hybridized carbons (Fsp3) is 0. The Balaban J connectivity index is 1.02. The van der Waals surface area contributed by atoms with E-state index in [0.717, 1.165) is 66.2 Å². The Morgan fingerprint density at radius 1 is 0.362 bits per heavy atom. The minimum Gasteiger partial charge on any atom is -0.455 e. The quantitative estimate of drug-likeness (QED) is 0.176. The third-order valence-electron chi connectivity index (χ3n) is 11.4. The van der Waals surface area contributed by atoms with Crippen molar-refractivity contribution >= 4 is 65.3 Å². The minimum atomic E-state index is 0.622. The van der Waals surface area contributed by atoms with Gasteiger partial charge in [-0.3, -0.25) is 0 Å². The maximum absolute atomic E-state index is 6.85. The van der Waals surface area contributed by atoms with Gasteiger partial charge in [-0.05, 0) is 69.6 Å². The fourth-order valence-corrected chi connectivity index (χ4v) is 8.64. The third-order valence-corrected chi connectivity index (χ3v) is 11.4. The molecule has 5 heteroatoms. The summed E-state index contributed by atoms with van der Waals surface area (Å²) >= 11 is 0. The lowest BCUT2D eigenvalue weighted by atomic mass is 9.95. The summed E-state index contributed by atoms with van der Waals surface area (Å²) < 4.78 is 9.25. The van der Waals surface area contributed by atoms with Crippen LogP contribution in [-0.2, 0) is 0 Å². The Labute approximate surface area is 333 Å². The van der Waals surface area contributed by atoms with Gasteiger partial charge < -0.3 is 8.98 Å². The third kappa shape index (κ3) is 5.14. The summed E-state index contributed by atoms with van der Waals surface area (Å²) in [6.45, 7) is 0. The van der Waals surface area contributed by atoms with Crippen molar-refractivity contribution in [2.75, 3.05) is 0 Å². The molecule has 0 radical (unpaired) electrons. The maximum Gasteiger partial charge on any atom is 0.164 e. The predicted molar refractivity (Wildman–Crippen MR) is 238 cm³/mol. The van der Waals surface area contributed by atoms with Crippen LogP contribution in [-0.4, -0.2) is 19.5 Å². The Kier molecular flexibility index (Phi) is 7.16. The molecule has 0 atom stereocenters. The molecule has 12 aromatic rings. The number of nitrogens with zero attached hydrogens (tertiary/aromatic N) is 4. The van der Waals surface area contributed by atoms with Crippen molar-refractivity contribution in [3.05, 3.63) is 194 Å². The van der Waals surface area contributed by atoms with Crippen molar-refractivity contribution in [3.8, 4) is 51.0 Å². The van der Waals surface area contributed by atoms with Gasteiger partial charge in [0.05, 0.1) is 11.0 Å². The topological polar surface area (TPSA) is 56.7 Å². The summed E-state index contributed by atoms with van der Waals surface area (Å²) in [5.74, 6) is 1.90. The SMILES string of the molecule is c1ccc(-c2nc(-c3ccccc3)nc(-c3ccc(-c4cc5ccccc5c5c4oc4ccc(-n6c7ccccc7c7cc8ccccc8cc76)cc45)cc3)n2)cc1. The zero-order valence-electron chi connectivity index (χ0n) is 31.2. The lowest BCUT2D eigenvalue weighted by Gasteiger charge is -2.10. The van der Waals surface area contributed by atoms with Crippen LogP contribution in [0.1, 0.15) is 0 Å². The molecular formula is C53H32N4O. The Hall–Kier alpha value is -7.89. The first-order valence-electron chi connectivity index (χ1n) is 19.5. The summed E-state index contributed by atoms with van der Waals surface area (Å²) in [5, 5.41) is 9.45. The molecule has 3 heterocycles. The molecule has 58 heavy (non-hydrogen) atoms. The molecular weight excluding hydrogens is 709 g/mol. The summed E-state index contributed by atoms with van der Waals surface area (Å²) in [4.78, 5) is 14.8. The van der Waals surface area contributed by atoms with Crippen LogP contribution in [0.4, 0.5) is 0 Å². The Morgan fingerprint density at radius 3 is 1.60 bits per heavy atom. The minimum absolute atomic E-state index is 0.622. The highest BCUT2D eigenvalue weighted by molar-refractivity contribution is 6.23. The van der Waals surface area contributed by atoms with Crippen molar-refractivity contribution in [2.45, 2.75) is 0 Å². The smallest absolute Gasteiger partial charge is 0.164 e. The summed E-state index contributed by atoms with van der Waals surface area (Å²) in [6, 6.07) is 68.0. The molecule has 0 N–H and O–H groups in total. The molecule has 5 nitrogen and oxygen atoms in total. The molecule has 270 valence electrons. The van der Waals surface area contributed by atoms with Crippen molar-refractivity contribution in [1.82, 2.24) is 19.5 Å². The molecule has 0 aliphatic rings. The first-order chi connectivity index (χ1) is 28.7. The Morgan fingerprint density at radius 2 is 0.914 bits per heavy atom. The van der Waals surface area contributed by atoms with E-state index in [4.69, 9.17) is 19.4 Å². The number of rotatable bonds is 5. The van der Waals surface area contributed by atoms with E-state index in [-0.39, 0.29) is 0 Å². The molecule has 3 aromatic heterocycles. The number of aromatic nitrogens is 4. The zero-order valence-corrected chi connectivity index (χ0v) is 31.2. The molecule has 0 fully saturated rings. The standard InChI is InChI=1S/C53H32N4O/c1-3-13-34(14-4-1)51-54-52(35-15-5-2-6-16-35)56-53(55-51)36-25-23-33(24-26-36)43-30-39-19-9-10-20-41(39)49-45-32-40(27-28-48(45)58-50(43)49)57-46-22-12-11-21-42(46)44-29-37-17-7-8-18-38(37)31-47(44)57/h1-32H. The van der Waals surface area contributed by atoms with Crippen LogP contribution < -0.4 is 0 Å². The van der Waals surface area contributed by atoms with Crippen LogP contribution in [0.2, 0.25) is 0 Å². The van der Waals surface area contributed by atoms with Gasteiger partial charge in [0.25, 0.3) is 0 Å². The number of hydrogen-bond donors (Lipinski definition) is 0. The highest BCUT2D eigenvalue weighted by atomic mass is 16.3. The Bertz CT molecular complexity index is 3490. The summed E-state index contributed by atoms with van der Waals surface area (Å²) in [5.41, 5.74) is 10.1. The fourth-order valence-electron chi connectivity index (χ4n) is 8.64. The highest BCUT2D eigenvalue weighted by Crippen LogP contribution is 2.43. The van der Waals surface area contributed by atoms with Crippen LogP contribution in [0.3, 0.4) is 0 Å². The molecule has 0 saturated heterocycles. The second-order valence-electron chi connectivity index (χ2n) is 14.8. The monoisotopic (exact) mass is 740 g/mol. The van der Waals surface area contributed by atoms with E-state index in [2.05, 4.69) is 138 Å². The van der Waals surface area contributed by atoms with Gasteiger partial charge in [0.2, 0.25) is 0 Å². The van der Waals surface area contributed by atoms with E-state index in [1.807, 2.05) is 60.7 Å². The number of para-hydroxylation sites is 1. The van der Waals surface area contributed by atoms with Crippen molar-refractivity contribution in [3.63, 3.8) is 0 Å². The number of furan rings is 1. The summed E-state index contributed by atoms with van der Waals surface area (Å²) in [7, 11) is 0. The van der Waals surface area contributed by atoms with Gasteiger partial charge in [0.1, 0.15) is 11.2 Å². The molecule has 12 rings (SSSR count). The maximum atomic E-state index is 6.85. The number of hydrogen-bond acceptors (Lipinski definition) is 4. The van der Waals surface area contributed by atoms with Crippen molar-refractivity contribution in [1.29, 1.82) is 0 Å². The second kappa shape index (κ2) is 12.8. The molecule has 0 bridgehead atoms. The van der Waals surface area contributed by atoms with E-state index in [1.165, 1.54) is 32.6 Å². The van der Waals surface area contributed by atoms with Crippen LogP contribution in [0.25, 0.3) is 116 Å². The lowest BCUT2D eigenvalue weighted by molar-refractivity contribution is 0.670. The predicted octanol–water partition coefficient (Wildman–Crippen LogP) is 13.8. The molecule has 0 spiro atoms. The van der Waals surface area contributed by atoms with Gasteiger partial charge in [-0.2, -0.15) is 0 Å². The van der Waals surface area contributed by atoms with E-state index in [0.29, 0.717) is 17.5 Å². The van der Waals surface area contributed by atoms with E-state index in [9.17, 15) is 0 Å². The lowest BCUT2D eigenvalue weighted by Crippen LogP contribution is -2.00. The number of fused-ring (bicyclic) bond motifs is 9. The molecule has 0 aliphatic heterocycles. The normalized spacial score (nSPS) is 11.8. The largest absolute Gasteiger partial charge is 0.455 e. The van der Waals surface area contributed by atoms with Gasteiger partial charge >= 0.3 is 0 Å². The molecule has 0 aliphatic carbocycles. The van der Waals surface area contributed by atoms with Crippen molar-refractivity contribution < 1.29 is 4.42 Å². The zero-order chi connectivity index (χ0) is 38.2. The molecule has 9 aromatic carbocycles. The van der Waals surface area contributed by atoms with Gasteiger partial charge in [-0.25, -0.2) is 15.0 Å². The first kappa shape index (κ1) is 32.4. The average molecular weight is 741 g/mol. The highest BCUT2D eigenvalue weighted by Gasteiger charge is 2.20. The van der Waals surface area contributed by atoms with Crippen molar-refractivity contribution in [2.24, 2.45) is 0 Å². The van der Waals surface area contributed by atoms with Crippen LogP contribution in [0, 0.1) is 0 Å². The summed E-state index contributed by atoms with van der Waals surface area (Å²) in [6.07, 6.45) is 0. The van der Waals surface area contributed by atoms with Crippen LogP contribution in [0.5, 0.6) is 0 Å². The average Bonchev–Trinajstić information content (AvgIpc) is 3.84. The molecule has 0 amide bonds. The molecule has 0 unspecified atom stereocenters. The van der Waals surface area contributed by atoms with Crippen LogP contribution >= 0.6 is 0 Å². The van der Waals surface area contributed by atoms with Gasteiger partial charge in [-0.15, -0.1) is 0 Å².